The summed E-state index contributed by atoms with van der Waals surface area (Å²) in [6.45, 7) is 6.90. The number of hydrogen-bond donors (Lipinski definition) is 3. The number of anilines is 1. The minimum Gasteiger partial charge on any atom is -0.475 e. The summed E-state index contributed by atoms with van der Waals surface area (Å²) in [6, 6.07) is 2.32. The molecule has 0 radical (unpaired) electrons. The van der Waals surface area contributed by atoms with E-state index in [9.17, 15) is 23.2 Å². The molecule has 0 aromatic carbocycles. The monoisotopic (exact) mass is 519 g/mol. The third-order valence-corrected chi connectivity index (χ3v) is 5.43. The van der Waals surface area contributed by atoms with Gasteiger partial charge in [0.1, 0.15) is 17.1 Å². The van der Waals surface area contributed by atoms with Crippen molar-refractivity contribution < 1.29 is 27.9 Å². The largest absolute Gasteiger partial charge is 0.490 e. The molecule has 0 bridgehead atoms. The number of halogens is 3. The number of amides is 1. The molecule has 4 heterocycles. The van der Waals surface area contributed by atoms with Gasteiger partial charge in [-0.05, 0) is 20.8 Å². The molecular formula is C22H24F3N9O3. The average Bonchev–Trinajstić information content (AvgIpc) is 3.45. The van der Waals surface area contributed by atoms with E-state index in [-0.39, 0.29) is 17.6 Å². The number of aryl methyl sites for hydroxylation is 1. The molecule has 0 spiro atoms. The summed E-state index contributed by atoms with van der Waals surface area (Å²) in [7, 11) is 0. The lowest BCUT2D eigenvalue weighted by Crippen LogP contribution is -2.63. The Kier molecular flexibility index (Phi) is 7.80. The average molecular weight is 519 g/mol. The Balaban J connectivity index is 0.000000479. The van der Waals surface area contributed by atoms with Crippen LogP contribution < -0.4 is 10.2 Å². The Morgan fingerprint density at radius 2 is 1.95 bits per heavy atom. The van der Waals surface area contributed by atoms with Crippen molar-refractivity contribution in [1.82, 2.24) is 35.3 Å². The zero-order valence-corrected chi connectivity index (χ0v) is 20.1. The summed E-state index contributed by atoms with van der Waals surface area (Å²) in [5, 5.41) is 30.8. The second-order valence-electron chi connectivity index (χ2n) is 8.67. The van der Waals surface area contributed by atoms with Gasteiger partial charge in [-0.1, -0.05) is 0 Å². The summed E-state index contributed by atoms with van der Waals surface area (Å²) in [4.78, 5) is 31.6. The predicted octanol–water partition coefficient (Wildman–Crippen LogP) is 2.27. The number of aromatic amines is 1. The molecule has 0 aliphatic carbocycles. The quantitative estimate of drug-likeness (QED) is 0.443. The van der Waals surface area contributed by atoms with Crippen molar-refractivity contribution in [3.63, 3.8) is 0 Å². The van der Waals surface area contributed by atoms with Crippen molar-refractivity contribution in [1.29, 1.82) is 5.26 Å². The minimum absolute atomic E-state index is 0.0328. The van der Waals surface area contributed by atoms with Gasteiger partial charge in [0.05, 0.1) is 36.8 Å². The van der Waals surface area contributed by atoms with E-state index in [1.807, 2.05) is 42.7 Å². The van der Waals surface area contributed by atoms with Crippen molar-refractivity contribution in [2.45, 2.75) is 44.9 Å². The number of alkyl halides is 3. The molecular weight excluding hydrogens is 495 g/mol. The molecule has 3 aromatic heterocycles. The molecule has 0 saturated carbocycles. The molecule has 0 atom stereocenters. The Hall–Kier alpha value is -4.48. The smallest absolute Gasteiger partial charge is 0.475 e. The van der Waals surface area contributed by atoms with Crippen molar-refractivity contribution in [3.05, 3.63) is 42.4 Å². The fourth-order valence-electron chi connectivity index (χ4n) is 3.63. The predicted molar refractivity (Wildman–Crippen MR) is 123 cm³/mol. The van der Waals surface area contributed by atoms with Crippen molar-refractivity contribution >= 4 is 17.7 Å². The van der Waals surface area contributed by atoms with Gasteiger partial charge in [0.25, 0.3) is 5.91 Å². The van der Waals surface area contributed by atoms with Gasteiger partial charge in [0.15, 0.2) is 0 Å². The molecule has 4 rings (SSSR count). The molecule has 1 aliphatic rings. The maximum absolute atomic E-state index is 12.0. The summed E-state index contributed by atoms with van der Waals surface area (Å²) in [5.74, 6) is -2.33. The SMILES string of the molecule is Cc1nn(C2(CC#N)CN(c3cnc(C(=O)NC(C)C)cn3)C2)cc1-c1cn[nH]c1.O=C(O)C(F)(F)F. The lowest BCUT2D eigenvalue weighted by atomic mass is 9.87. The fourth-order valence-corrected chi connectivity index (χ4v) is 3.63. The molecule has 3 N–H and O–H groups in total. The number of hydrogen-bond acceptors (Lipinski definition) is 8. The lowest BCUT2D eigenvalue weighted by Gasteiger charge is -2.49. The molecule has 12 nitrogen and oxygen atoms in total. The molecule has 1 aliphatic heterocycles. The number of rotatable bonds is 6. The first-order chi connectivity index (χ1) is 17.4. The van der Waals surface area contributed by atoms with E-state index in [1.165, 1.54) is 6.20 Å². The Morgan fingerprint density at radius 1 is 1.27 bits per heavy atom. The third kappa shape index (κ3) is 6.21. The van der Waals surface area contributed by atoms with E-state index in [0.29, 0.717) is 25.3 Å². The van der Waals surface area contributed by atoms with Crippen LogP contribution in [0.15, 0.2) is 31.0 Å². The fraction of sp³-hybridized carbons (Fsp3) is 0.409. The number of carbonyl (C=O) groups excluding carboxylic acids is 1. The molecule has 1 saturated heterocycles. The highest BCUT2D eigenvalue weighted by atomic mass is 19.4. The molecule has 1 amide bonds. The maximum Gasteiger partial charge on any atom is 0.490 e. The molecule has 1 fully saturated rings. The normalized spacial score (nSPS) is 14.3. The van der Waals surface area contributed by atoms with Gasteiger partial charge in [-0.25, -0.2) is 14.8 Å². The van der Waals surface area contributed by atoms with E-state index >= 15 is 0 Å². The highest BCUT2D eigenvalue weighted by Gasteiger charge is 2.46. The van der Waals surface area contributed by atoms with Crippen LogP contribution in [0.4, 0.5) is 19.0 Å². The first-order valence-electron chi connectivity index (χ1n) is 11.0. The number of aromatic nitrogens is 6. The van der Waals surface area contributed by atoms with Crippen LogP contribution in [0.2, 0.25) is 0 Å². The van der Waals surface area contributed by atoms with Crippen LogP contribution in [0, 0.1) is 18.3 Å². The van der Waals surface area contributed by atoms with Crippen LogP contribution in [0.25, 0.3) is 11.1 Å². The second-order valence-corrected chi connectivity index (χ2v) is 8.67. The summed E-state index contributed by atoms with van der Waals surface area (Å²) < 4.78 is 33.6. The van der Waals surface area contributed by atoms with E-state index in [2.05, 4.69) is 36.7 Å². The molecule has 0 unspecified atom stereocenters. The van der Waals surface area contributed by atoms with Crippen LogP contribution in [-0.4, -0.2) is 72.2 Å². The zero-order chi connectivity index (χ0) is 27.4. The van der Waals surface area contributed by atoms with E-state index < -0.39 is 17.7 Å². The number of nitrogens with zero attached hydrogens (tertiary/aromatic N) is 7. The Labute approximate surface area is 209 Å². The van der Waals surface area contributed by atoms with Gasteiger partial charge >= 0.3 is 12.1 Å². The van der Waals surface area contributed by atoms with Gasteiger partial charge in [-0.15, -0.1) is 0 Å². The van der Waals surface area contributed by atoms with Crippen molar-refractivity contribution in [2.24, 2.45) is 0 Å². The first-order valence-corrected chi connectivity index (χ1v) is 11.0. The molecule has 15 heteroatoms. The van der Waals surface area contributed by atoms with Gasteiger partial charge in [0.2, 0.25) is 0 Å². The van der Waals surface area contributed by atoms with E-state index in [4.69, 9.17) is 9.90 Å². The molecule has 196 valence electrons. The van der Waals surface area contributed by atoms with Gasteiger partial charge < -0.3 is 15.3 Å². The summed E-state index contributed by atoms with van der Waals surface area (Å²) in [5.41, 5.74) is 2.68. The zero-order valence-electron chi connectivity index (χ0n) is 20.1. The van der Waals surface area contributed by atoms with Crippen LogP contribution >= 0.6 is 0 Å². The van der Waals surface area contributed by atoms with Crippen LogP contribution in [-0.2, 0) is 10.3 Å². The highest BCUT2D eigenvalue weighted by Crippen LogP contribution is 2.36. The summed E-state index contributed by atoms with van der Waals surface area (Å²) in [6.07, 6.45) is 3.87. The summed E-state index contributed by atoms with van der Waals surface area (Å²) >= 11 is 0. The number of carboxylic acid groups (broad SMARTS) is 1. The van der Waals surface area contributed by atoms with Crippen molar-refractivity contribution in [2.75, 3.05) is 18.0 Å². The minimum atomic E-state index is -5.08. The third-order valence-electron chi connectivity index (χ3n) is 5.43. The van der Waals surface area contributed by atoms with Gasteiger partial charge in [0, 0.05) is 42.7 Å². The van der Waals surface area contributed by atoms with Gasteiger partial charge in [-0.3, -0.25) is 14.6 Å². The topological polar surface area (TPSA) is 166 Å². The number of H-pyrrole nitrogens is 1. The number of nitriles is 1. The van der Waals surface area contributed by atoms with E-state index in [0.717, 1.165) is 16.8 Å². The van der Waals surface area contributed by atoms with Crippen LogP contribution in [0.3, 0.4) is 0 Å². The van der Waals surface area contributed by atoms with Gasteiger partial charge in [-0.2, -0.15) is 28.6 Å². The second kappa shape index (κ2) is 10.6. The first kappa shape index (κ1) is 27.1. The highest BCUT2D eigenvalue weighted by molar-refractivity contribution is 5.92. The van der Waals surface area contributed by atoms with Crippen molar-refractivity contribution in [3.8, 4) is 17.2 Å². The standard InChI is InChI=1S/C20H23N9O.C2HF3O2/c1-13(2)26-19(30)17-8-23-18(9-22-17)28-11-20(12-28,4-5-21)29-10-16(14(3)27-29)15-6-24-25-7-15;3-2(4,5)1(6)7/h6-10,13H,4,11-12H2,1-3H3,(H,24,25)(H,26,30);(H,6,7). The van der Waals surface area contributed by atoms with Crippen LogP contribution in [0.1, 0.15) is 36.5 Å². The number of carbonyl (C=O) groups is 2. The van der Waals surface area contributed by atoms with Crippen LogP contribution in [0.5, 0.6) is 0 Å². The number of carboxylic acids is 1. The molecule has 37 heavy (non-hydrogen) atoms. The maximum atomic E-state index is 12.0. The Bertz CT molecular complexity index is 1270. The molecule has 3 aromatic rings. The number of aliphatic carboxylic acids is 1. The Morgan fingerprint density at radius 3 is 2.43 bits per heavy atom. The van der Waals surface area contributed by atoms with E-state index in [1.54, 1.807) is 12.4 Å². The number of nitrogens with one attached hydrogen (secondary N) is 2. The lowest BCUT2D eigenvalue weighted by molar-refractivity contribution is -0.192.